The summed E-state index contributed by atoms with van der Waals surface area (Å²) in [4.78, 5) is 24.9. The third-order valence-corrected chi connectivity index (χ3v) is 5.95. The van der Waals surface area contributed by atoms with Crippen LogP contribution in [0.25, 0.3) is 11.1 Å². The van der Waals surface area contributed by atoms with Crippen LogP contribution in [-0.4, -0.2) is 23.3 Å². The summed E-state index contributed by atoms with van der Waals surface area (Å²) >= 11 is 1.36. The number of amides is 2. The number of allylic oxidation sites excluding steroid dienone is 3. The summed E-state index contributed by atoms with van der Waals surface area (Å²) < 4.78 is 9.93. The fourth-order valence-corrected chi connectivity index (χ4v) is 4.02. The predicted molar refractivity (Wildman–Crippen MR) is 137 cm³/mol. The zero-order valence-electron chi connectivity index (χ0n) is 19.9. The number of carbonyl (C=O) groups is 2. The molecule has 34 heavy (non-hydrogen) atoms. The minimum absolute atomic E-state index is 0.00239. The standard InChI is InChI=1S/C26H32N4O3S/c1-4-6-9-19(29-26(32)17-12-13-17)14-23(21(8-5-2)25(27)31)30-22-11-7-10-20(24(22)33-3)18-15-28-34-16-18/h7-11,14-17,30H,4-6,12-13H2,1-3H3,(H2,27,31)(H,29,32)/b19-9-,21-8-,23-14+. The minimum atomic E-state index is -0.555. The van der Waals surface area contributed by atoms with Crippen LogP contribution in [-0.2, 0) is 9.59 Å². The van der Waals surface area contributed by atoms with E-state index in [1.807, 2.05) is 36.6 Å². The monoisotopic (exact) mass is 480 g/mol. The Morgan fingerprint density at radius 2 is 2.06 bits per heavy atom. The molecular weight excluding hydrogens is 448 g/mol. The van der Waals surface area contributed by atoms with Crippen LogP contribution < -0.4 is 21.1 Å². The van der Waals surface area contributed by atoms with Crippen molar-refractivity contribution in [2.24, 2.45) is 11.7 Å². The molecule has 2 aromatic rings. The van der Waals surface area contributed by atoms with E-state index in [2.05, 4.69) is 21.9 Å². The fraction of sp³-hybridized carbons (Fsp3) is 0.346. The average molecular weight is 481 g/mol. The molecule has 0 saturated heterocycles. The Bertz CT molecular complexity index is 1100. The first-order chi connectivity index (χ1) is 16.5. The van der Waals surface area contributed by atoms with Gasteiger partial charge in [-0.05, 0) is 49.4 Å². The van der Waals surface area contributed by atoms with Gasteiger partial charge in [0, 0.05) is 34.3 Å². The summed E-state index contributed by atoms with van der Waals surface area (Å²) in [5.74, 6) is 0.131. The number of unbranched alkanes of at least 4 members (excludes halogenated alkanes) is 1. The fourth-order valence-electron chi connectivity index (χ4n) is 3.49. The van der Waals surface area contributed by atoms with Gasteiger partial charge in [0.2, 0.25) is 11.8 Å². The van der Waals surface area contributed by atoms with E-state index in [4.69, 9.17) is 10.5 Å². The highest BCUT2D eigenvalue weighted by Crippen LogP contribution is 2.38. The van der Waals surface area contributed by atoms with Gasteiger partial charge in [-0.1, -0.05) is 44.6 Å². The number of methoxy groups -OCH3 is 1. The van der Waals surface area contributed by atoms with Gasteiger partial charge in [-0.15, -0.1) is 0 Å². The summed E-state index contributed by atoms with van der Waals surface area (Å²) in [6.07, 6.45) is 11.5. The number of nitrogens with zero attached hydrogens (tertiary/aromatic N) is 1. The topological polar surface area (TPSA) is 106 Å². The van der Waals surface area contributed by atoms with Crippen LogP contribution in [0.2, 0.25) is 0 Å². The summed E-state index contributed by atoms with van der Waals surface area (Å²) in [6.45, 7) is 4.01. The molecule has 0 atom stereocenters. The number of rotatable bonds is 12. The van der Waals surface area contributed by atoms with E-state index in [1.54, 1.807) is 25.5 Å². The minimum Gasteiger partial charge on any atom is -0.494 e. The molecule has 180 valence electrons. The van der Waals surface area contributed by atoms with Crippen molar-refractivity contribution >= 4 is 29.0 Å². The van der Waals surface area contributed by atoms with Crippen LogP contribution in [0.4, 0.5) is 5.69 Å². The van der Waals surface area contributed by atoms with Gasteiger partial charge in [-0.2, -0.15) is 0 Å². The quantitative estimate of drug-likeness (QED) is 0.288. The molecule has 1 aromatic carbocycles. The first-order valence-corrected chi connectivity index (χ1v) is 12.4. The van der Waals surface area contributed by atoms with E-state index in [1.165, 1.54) is 11.5 Å². The molecule has 0 spiro atoms. The van der Waals surface area contributed by atoms with Crippen molar-refractivity contribution in [2.75, 3.05) is 12.4 Å². The number of nitrogens with one attached hydrogen (secondary N) is 2. The van der Waals surface area contributed by atoms with Gasteiger partial charge in [0.1, 0.15) is 5.75 Å². The maximum Gasteiger partial charge on any atom is 0.250 e. The van der Waals surface area contributed by atoms with Gasteiger partial charge >= 0.3 is 0 Å². The Balaban J connectivity index is 2.06. The van der Waals surface area contributed by atoms with E-state index in [0.717, 1.165) is 36.8 Å². The highest BCUT2D eigenvalue weighted by molar-refractivity contribution is 7.03. The number of primary amides is 1. The van der Waals surface area contributed by atoms with Crippen LogP contribution in [0.5, 0.6) is 5.75 Å². The SMILES string of the molecule is CC/C=C(C(N)=O)/C(=C\C(=C\CCC)NC(=O)C1CC1)Nc1cccc(-c2cnsc2)c1OC. The van der Waals surface area contributed by atoms with Crippen LogP contribution in [0.3, 0.4) is 0 Å². The molecule has 0 aliphatic heterocycles. The van der Waals surface area contributed by atoms with Crippen LogP contribution in [0.1, 0.15) is 46.0 Å². The van der Waals surface area contributed by atoms with Crippen molar-refractivity contribution in [3.63, 3.8) is 0 Å². The van der Waals surface area contributed by atoms with Crippen LogP contribution in [0, 0.1) is 5.92 Å². The number of para-hydroxylation sites is 1. The second kappa shape index (κ2) is 12.2. The molecular formula is C26H32N4O3S. The molecule has 1 aliphatic carbocycles. The smallest absolute Gasteiger partial charge is 0.250 e. The second-order valence-electron chi connectivity index (χ2n) is 8.08. The first-order valence-electron chi connectivity index (χ1n) is 11.5. The van der Waals surface area contributed by atoms with Gasteiger partial charge < -0.3 is 21.1 Å². The largest absolute Gasteiger partial charge is 0.494 e. The van der Waals surface area contributed by atoms with Gasteiger partial charge in [-0.3, -0.25) is 9.59 Å². The normalized spacial score (nSPS) is 14.6. The van der Waals surface area contributed by atoms with Gasteiger partial charge in [0.25, 0.3) is 0 Å². The van der Waals surface area contributed by atoms with E-state index in [0.29, 0.717) is 34.8 Å². The number of hydrogen-bond donors (Lipinski definition) is 3. The molecule has 2 amide bonds. The molecule has 1 aromatic heterocycles. The number of benzene rings is 1. The zero-order valence-corrected chi connectivity index (χ0v) is 20.7. The van der Waals surface area contributed by atoms with Crippen molar-refractivity contribution in [1.82, 2.24) is 9.69 Å². The van der Waals surface area contributed by atoms with Crippen LogP contribution in [0.15, 0.2) is 65.0 Å². The van der Waals surface area contributed by atoms with E-state index in [9.17, 15) is 9.59 Å². The number of hydrogen-bond acceptors (Lipinski definition) is 6. The summed E-state index contributed by atoms with van der Waals surface area (Å²) in [6, 6.07) is 5.74. The Hall–Kier alpha value is -3.39. The van der Waals surface area contributed by atoms with E-state index >= 15 is 0 Å². The number of carbonyl (C=O) groups excluding carboxylic acids is 2. The maximum absolute atomic E-state index is 12.5. The lowest BCUT2D eigenvalue weighted by atomic mass is 10.1. The second-order valence-corrected chi connectivity index (χ2v) is 8.74. The number of ether oxygens (including phenoxy) is 1. The zero-order chi connectivity index (χ0) is 24.5. The summed E-state index contributed by atoms with van der Waals surface area (Å²) in [5, 5.41) is 8.31. The number of anilines is 1. The van der Waals surface area contributed by atoms with Gasteiger partial charge in [0.15, 0.2) is 0 Å². The van der Waals surface area contributed by atoms with Gasteiger partial charge in [0.05, 0.1) is 24.1 Å². The van der Waals surface area contributed by atoms with Crippen molar-refractivity contribution in [2.45, 2.75) is 46.0 Å². The lowest BCUT2D eigenvalue weighted by molar-refractivity contribution is -0.121. The van der Waals surface area contributed by atoms with Crippen molar-refractivity contribution in [3.05, 3.63) is 65.0 Å². The van der Waals surface area contributed by atoms with Crippen LogP contribution >= 0.6 is 11.5 Å². The number of aromatic nitrogens is 1. The average Bonchev–Trinajstić information content (AvgIpc) is 3.54. The molecule has 0 radical (unpaired) electrons. The molecule has 1 aliphatic rings. The summed E-state index contributed by atoms with van der Waals surface area (Å²) in [5.41, 5.74) is 9.72. The molecule has 0 unspecified atom stereocenters. The molecule has 8 heteroatoms. The highest BCUT2D eigenvalue weighted by Gasteiger charge is 2.30. The lowest BCUT2D eigenvalue weighted by Crippen LogP contribution is -2.25. The molecule has 3 rings (SSSR count). The number of nitrogens with two attached hydrogens (primary N) is 1. The molecule has 4 N–H and O–H groups in total. The Morgan fingerprint density at radius 1 is 1.26 bits per heavy atom. The Morgan fingerprint density at radius 3 is 2.65 bits per heavy atom. The molecule has 1 saturated carbocycles. The lowest BCUT2D eigenvalue weighted by Gasteiger charge is -2.18. The molecule has 7 nitrogen and oxygen atoms in total. The Labute approximate surface area is 204 Å². The van der Waals surface area contributed by atoms with Crippen molar-refractivity contribution in [3.8, 4) is 16.9 Å². The van der Waals surface area contributed by atoms with Gasteiger partial charge in [-0.25, -0.2) is 4.37 Å². The molecule has 1 heterocycles. The highest BCUT2D eigenvalue weighted by atomic mass is 32.1. The third-order valence-electron chi connectivity index (χ3n) is 5.36. The first kappa shape index (κ1) is 25.2. The van der Waals surface area contributed by atoms with Crippen molar-refractivity contribution < 1.29 is 14.3 Å². The molecule has 0 bridgehead atoms. The summed E-state index contributed by atoms with van der Waals surface area (Å²) in [7, 11) is 1.60. The third kappa shape index (κ3) is 6.57. The van der Waals surface area contributed by atoms with Crippen molar-refractivity contribution in [1.29, 1.82) is 0 Å². The Kier molecular flexibility index (Phi) is 9.04. The van der Waals surface area contributed by atoms with E-state index in [-0.39, 0.29) is 11.8 Å². The molecule has 1 fully saturated rings. The maximum atomic E-state index is 12.5. The van der Waals surface area contributed by atoms with E-state index < -0.39 is 5.91 Å². The predicted octanol–water partition coefficient (Wildman–Crippen LogP) is 5.15.